The summed E-state index contributed by atoms with van der Waals surface area (Å²) in [5.74, 6) is -0.244. The third-order valence-corrected chi connectivity index (χ3v) is 7.41. The molecular weight excluding hydrogens is 554 g/mol. The third-order valence-electron chi connectivity index (χ3n) is 6.51. The number of nitrogens with zero attached hydrogens (tertiary/aromatic N) is 2. The Hall–Kier alpha value is -3.17. The monoisotopic (exact) mass is 579 g/mol. The van der Waals surface area contributed by atoms with E-state index < -0.39 is 0 Å². The first-order valence-corrected chi connectivity index (χ1v) is 13.2. The summed E-state index contributed by atoms with van der Waals surface area (Å²) in [6, 6.07) is 20.7. The number of nitrogens with one attached hydrogen (secondary N) is 3. The van der Waals surface area contributed by atoms with Gasteiger partial charge >= 0.3 is 0 Å². The van der Waals surface area contributed by atoms with Crippen LogP contribution in [0.4, 0.5) is 17.1 Å². The number of likely N-dealkylation sites (N-methyl/N-ethyl adjacent to an activating group) is 1. The van der Waals surface area contributed by atoms with E-state index in [0.717, 1.165) is 47.5 Å². The number of hydrogen-bond acceptors (Lipinski definition) is 5. The van der Waals surface area contributed by atoms with Crippen molar-refractivity contribution < 1.29 is 9.59 Å². The van der Waals surface area contributed by atoms with Gasteiger partial charge in [-0.15, -0.1) is 0 Å². The molecule has 1 saturated heterocycles. The van der Waals surface area contributed by atoms with Crippen LogP contribution in [0.3, 0.4) is 0 Å². The Kier molecular flexibility index (Phi) is 7.62. The summed E-state index contributed by atoms with van der Waals surface area (Å²) in [4.78, 5) is 30.1. The lowest BCUT2D eigenvalue weighted by molar-refractivity contribution is -0.117. The number of piperazine rings is 1. The fraction of sp³-hybridized carbons (Fsp3) is 0.214. The number of halogens is 2. The summed E-state index contributed by atoms with van der Waals surface area (Å²) in [5, 5.41) is 9.93. The molecule has 2 aliphatic heterocycles. The van der Waals surface area contributed by atoms with Crippen LogP contribution >= 0.6 is 27.5 Å². The van der Waals surface area contributed by atoms with Crippen LogP contribution in [0.1, 0.15) is 11.1 Å². The molecule has 3 aromatic carbocycles. The molecule has 3 aromatic rings. The van der Waals surface area contributed by atoms with Gasteiger partial charge in [0.1, 0.15) is 0 Å². The molecule has 0 radical (unpaired) electrons. The normalized spacial score (nSPS) is 17.2. The van der Waals surface area contributed by atoms with Crippen LogP contribution in [-0.4, -0.2) is 61.4 Å². The summed E-state index contributed by atoms with van der Waals surface area (Å²) in [6.07, 6.45) is 0. The van der Waals surface area contributed by atoms with Gasteiger partial charge in [-0.05, 0) is 58.9 Å². The maximum absolute atomic E-state index is 13.1. The Morgan fingerprint density at radius 1 is 1.00 bits per heavy atom. The quantitative estimate of drug-likeness (QED) is 0.349. The molecule has 1 fully saturated rings. The number of rotatable bonds is 6. The van der Waals surface area contributed by atoms with Gasteiger partial charge in [-0.25, -0.2) is 0 Å². The molecule has 0 aliphatic carbocycles. The molecule has 9 heteroatoms. The summed E-state index contributed by atoms with van der Waals surface area (Å²) in [7, 11) is 2.09. The fourth-order valence-electron chi connectivity index (χ4n) is 4.51. The summed E-state index contributed by atoms with van der Waals surface area (Å²) < 4.78 is 0.740. The lowest BCUT2D eigenvalue weighted by Gasteiger charge is -2.31. The molecule has 7 nitrogen and oxygen atoms in total. The van der Waals surface area contributed by atoms with E-state index in [0.29, 0.717) is 34.2 Å². The smallest absolute Gasteiger partial charge is 0.258 e. The van der Waals surface area contributed by atoms with Crippen molar-refractivity contribution in [3.8, 4) is 0 Å². The molecule has 5 rings (SSSR count). The van der Waals surface area contributed by atoms with Crippen molar-refractivity contribution in [1.82, 2.24) is 9.80 Å². The Morgan fingerprint density at radius 2 is 1.76 bits per heavy atom. The second-order valence-electron chi connectivity index (χ2n) is 9.21. The van der Waals surface area contributed by atoms with Crippen molar-refractivity contribution in [3.05, 3.63) is 87.4 Å². The molecule has 0 spiro atoms. The Balaban J connectivity index is 1.39. The van der Waals surface area contributed by atoms with Gasteiger partial charge in [-0.3, -0.25) is 14.5 Å². The number of benzene rings is 3. The van der Waals surface area contributed by atoms with Crippen LogP contribution in [0.15, 0.2) is 71.2 Å². The van der Waals surface area contributed by atoms with Crippen LogP contribution in [0.25, 0.3) is 11.3 Å². The van der Waals surface area contributed by atoms with E-state index in [4.69, 9.17) is 11.6 Å². The van der Waals surface area contributed by atoms with Crippen LogP contribution in [-0.2, 0) is 9.59 Å². The van der Waals surface area contributed by atoms with E-state index >= 15 is 0 Å². The maximum atomic E-state index is 13.1. The summed E-state index contributed by atoms with van der Waals surface area (Å²) in [5.41, 5.74) is 5.02. The SMILES string of the molecule is CN1CCN(CC(=O)Nc2ccc(N/C(=C3\C(=O)Nc4cc(Cl)ccc43)c3ccccc3)cc2Br)CC1. The number of amides is 2. The predicted octanol–water partition coefficient (Wildman–Crippen LogP) is 5.22. The standard InChI is InChI=1S/C28H27BrClN5O2/c1-34-11-13-35(14-12-34)17-25(36)32-23-10-8-20(16-22(23)29)31-27(18-5-3-2-4-6-18)26-21-9-7-19(30)15-24(21)33-28(26)37/h2-10,15-16,31H,11-14,17H2,1H3,(H,32,36)(H,33,37)/b27-26-. The van der Waals surface area contributed by atoms with Gasteiger partial charge in [0.25, 0.3) is 5.91 Å². The van der Waals surface area contributed by atoms with E-state index in [1.807, 2.05) is 54.6 Å². The highest BCUT2D eigenvalue weighted by Crippen LogP contribution is 2.39. The molecule has 190 valence electrons. The lowest BCUT2D eigenvalue weighted by Crippen LogP contribution is -2.47. The minimum Gasteiger partial charge on any atom is -0.354 e. The van der Waals surface area contributed by atoms with Crippen molar-refractivity contribution in [2.45, 2.75) is 0 Å². The van der Waals surface area contributed by atoms with Crippen molar-refractivity contribution >= 4 is 67.7 Å². The number of fused-ring (bicyclic) bond motifs is 1. The van der Waals surface area contributed by atoms with Gasteiger partial charge in [0, 0.05) is 46.9 Å². The van der Waals surface area contributed by atoms with Crippen LogP contribution in [0.2, 0.25) is 5.02 Å². The Bertz CT molecular complexity index is 1370. The Labute approximate surface area is 229 Å². The first kappa shape index (κ1) is 25.5. The van der Waals surface area contributed by atoms with Crippen molar-refractivity contribution in [2.24, 2.45) is 0 Å². The van der Waals surface area contributed by atoms with Gasteiger partial charge in [-0.1, -0.05) is 48.0 Å². The topological polar surface area (TPSA) is 76.7 Å². The zero-order chi connectivity index (χ0) is 25.9. The first-order chi connectivity index (χ1) is 17.9. The number of carbonyl (C=O) groups excluding carboxylic acids is 2. The van der Waals surface area contributed by atoms with Crippen LogP contribution < -0.4 is 16.0 Å². The number of anilines is 3. The third kappa shape index (κ3) is 5.88. The molecule has 2 amide bonds. The van der Waals surface area contributed by atoms with Gasteiger partial charge in [0.2, 0.25) is 5.91 Å². The minimum atomic E-state index is -0.199. The number of carbonyl (C=O) groups is 2. The van der Waals surface area contributed by atoms with Crippen molar-refractivity contribution in [1.29, 1.82) is 0 Å². The second-order valence-corrected chi connectivity index (χ2v) is 10.5. The average Bonchev–Trinajstić information content (AvgIpc) is 3.20. The van der Waals surface area contributed by atoms with Crippen LogP contribution in [0.5, 0.6) is 0 Å². The van der Waals surface area contributed by atoms with E-state index in [1.54, 1.807) is 12.1 Å². The Morgan fingerprint density at radius 3 is 2.49 bits per heavy atom. The largest absolute Gasteiger partial charge is 0.354 e. The van der Waals surface area contributed by atoms with E-state index in [-0.39, 0.29) is 11.8 Å². The van der Waals surface area contributed by atoms with Crippen molar-refractivity contribution in [2.75, 3.05) is 55.7 Å². The summed E-state index contributed by atoms with van der Waals surface area (Å²) >= 11 is 9.75. The molecular formula is C28H27BrClN5O2. The van der Waals surface area contributed by atoms with Gasteiger partial charge in [0.15, 0.2) is 0 Å². The molecule has 0 unspecified atom stereocenters. The van der Waals surface area contributed by atoms with E-state index in [1.165, 1.54) is 0 Å². The van der Waals surface area contributed by atoms with Gasteiger partial charge < -0.3 is 20.9 Å². The van der Waals surface area contributed by atoms with Gasteiger partial charge in [-0.2, -0.15) is 0 Å². The lowest BCUT2D eigenvalue weighted by atomic mass is 10.00. The predicted molar refractivity (Wildman–Crippen MR) is 154 cm³/mol. The zero-order valence-corrected chi connectivity index (χ0v) is 22.7. The highest BCUT2D eigenvalue weighted by molar-refractivity contribution is 9.10. The van der Waals surface area contributed by atoms with E-state index in [2.05, 4.69) is 48.7 Å². The van der Waals surface area contributed by atoms with Crippen LogP contribution in [0, 0.1) is 0 Å². The van der Waals surface area contributed by atoms with E-state index in [9.17, 15) is 9.59 Å². The fourth-order valence-corrected chi connectivity index (χ4v) is 5.16. The number of hydrogen-bond donors (Lipinski definition) is 3. The molecule has 0 aromatic heterocycles. The molecule has 2 aliphatic rings. The highest BCUT2D eigenvalue weighted by Gasteiger charge is 2.28. The first-order valence-electron chi connectivity index (χ1n) is 12.1. The summed E-state index contributed by atoms with van der Waals surface area (Å²) in [6.45, 7) is 4.06. The molecule has 37 heavy (non-hydrogen) atoms. The zero-order valence-electron chi connectivity index (χ0n) is 20.4. The average molecular weight is 581 g/mol. The highest BCUT2D eigenvalue weighted by atomic mass is 79.9. The van der Waals surface area contributed by atoms with Gasteiger partial charge in [0.05, 0.1) is 29.2 Å². The molecule has 0 saturated carbocycles. The molecule has 2 heterocycles. The maximum Gasteiger partial charge on any atom is 0.258 e. The molecule has 0 atom stereocenters. The van der Waals surface area contributed by atoms with Crippen molar-refractivity contribution in [3.63, 3.8) is 0 Å². The minimum absolute atomic E-state index is 0.0454. The molecule has 0 bridgehead atoms. The second kappa shape index (κ2) is 11.1. The molecule has 3 N–H and O–H groups in total.